The van der Waals surface area contributed by atoms with E-state index in [4.69, 9.17) is 0 Å². The van der Waals surface area contributed by atoms with Crippen molar-refractivity contribution < 1.29 is 24.6 Å². The summed E-state index contributed by atoms with van der Waals surface area (Å²) in [4.78, 5) is 38.7. The Morgan fingerprint density at radius 2 is 1.70 bits per heavy atom. The summed E-state index contributed by atoms with van der Waals surface area (Å²) in [6.45, 7) is 3.58. The second kappa shape index (κ2) is 8.39. The molecule has 0 atom stereocenters. The van der Waals surface area contributed by atoms with Gasteiger partial charge in [0.25, 0.3) is 5.91 Å². The van der Waals surface area contributed by atoms with Crippen LogP contribution < -0.4 is 5.43 Å². The monoisotopic (exact) mass is 406 g/mol. The fourth-order valence-electron chi connectivity index (χ4n) is 3.02. The highest BCUT2D eigenvalue weighted by Crippen LogP contribution is 2.22. The number of aryl methyl sites for hydroxylation is 1. The summed E-state index contributed by atoms with van der Waals surface area (Å²) in [5.74, 6) is -2.85. The number of amides is 1. The molecule has 2 aromatic heterocycles. The Balaban J connectivity index is 1.92. The molecule has 3 N–H and O–H groups in total. The lowest BCUT2D eigenvalue weighted by Gasteiger charge is -2.12. The van der Waals surface area contributed by atoms with Gasteiger partial charge in [-0.15, -0.1) is 0 Å². The predicted octanol–water partition coefficient (Wildman–Crippen LogP) is 2.65. The molecule has 0 spiro atoms. The van der Waals surface area contributed by atoms with E-state index in [1.807, 2.05) is 0 Å². The van der Waals surface area contributed by atoms with Crippen LogP contribution in [0, 0.1) is 13.8 Å². The lowest BCUT2D eigenvalue weighted by Crippen LogP contribution is -2.17. The molecule has 2 heterocycles. The van der Waals surface area contributed by atoms with Crippen molar-refractivity contribution in [1.29, 1.82) is 0 Å². The van der Waals surface area contributed by atoms with Gasteiger partial charge in [-0.2, -0.15) is 5.10 Å². The van der Waals surface area contributed by atoms with Crippen molar-refractivity contribution in [2.24, 2.45) is 5.10 Å². The second-order valence-electron chi connectivity index (χ2n) is 6.48. The molecule has 3 rings (SSSR count). The first-order chi connectivity index (χ1) is 14.3. The fraction of sp³-hybridized carbons (Fsp3) is 0.0952. The van der Waals surface area contributed by atoms with Crippen molar-refractivity contribution in [2.45, 2.75) is 13.8 Å². The van der Waals surface area contributed by atoms with Crippen molar-refractivity contribution in [1.82, 2.24) is 15.0 Å². The Morgan fingerprint density at radius 3 is 2.27 bits per heavy atom. The number of nitrogens with zero attached hydrogens (tertiary/aromatic N) is 3. The van der Waals surface area contributed by atoms with Gasteiger partial charge in [-0.1, -0.05) is 0 Å². The van der Waals surface area contributed by atoms with Crippen molar-refractivity contribution >= 4 is 24.1 Å². The van der Waals surface area contributed by atoms with Crippen LogP contribution in [0.5, 0.6) is 0 Å². The van der Waals surface area contributed by atoms with Crippen LogP contribution in [0.4, 0.5) is 0 Å². The molecule has 0 aliphatic rings. The SMILES string of the molecule is Cc1cc(/C=N\NC(=O)c2cccnc2)c(C)n1-c1cc(C(=O)O)cc(C(=O)O)c1. The highest BCUT2D eigenvalue weighted by molar-refractivity contribution is 5.95. The van der Waals surface area contributed by atoms with E-state index in [0.717, 1.165) is 11.8 Å². The Hall–Kier alpha value is -4.27. The van der Waals surface area contributed by atoms with E-state index in [9.17, 15) is 24.6 Å². The number of benzene rings is 1. The van der Waals surface area contributed by atoms with Crippen LogP contribution >= 0.6 is 0 Å². The summed E-state index contributed by atoms with van der Waals surface area (Å²) in [7, 11) is 0. The molecule has 0 aliphatic carbocycles. The van der Waals surface area contributed by atoms with Gasteiger partial charge in [0, 0.05) is 35.0 Å². The average molecular weight is 406 g/mol. The number of nitrogens with one attached hydrogen (secondary N) is 1. The van der Waals surface area contributed by atoms with Gasteiger partial charge >= 0.3 is 11.9 Å². The Kier molecular flexibility index (Phi) is 5.73. The number of hydrogen-bond donors (Lipinski definition) is 3. The first-order valence-electron chi connectivity index (χ1n) is 8.82. The third kappa shape index (κ3) is 4.25. The molecule has 9 heteroatoms. The third-order valence-electron chi connectivity index (χ3n) is 4.43. The van der Waals surface area contributed by atoms with Gasteiger partial charge in [0.2, 0.25) is 0 Å². The first kappa shape index (κ1) is 20.5. The molecule has 0 saturated heterocycles. The largest absolute Gasteiger partial charge is 0.478 e. The molecular formula is C21H18N4O5. The summed E-state index contributed by atoms with van der Waals surface area (Å²) >= 11 is 0. The van der Waals surface area contributed by atoms with E-state index >= 15 is 0 Å². The predicted molar refractivity (Wildman–Crippen MR) is 108 cm³/mol. The topological polar surface area (TPSA) is 134 Å². The minimum absolute atomic E-state index is 0.128. The summed E-state index contributed by atoms with van der Waals surface area (Å²) in [6.07, 6.45) is 4.45. The van der Waals surface area contributed by atoms with Crippen molar-refractivity contribution in [3.8, 4) is 5.69 Å². The van der Waals surface area contributed by atoms with E-state index in [2.05, 4.69) is 15.5 Å². The van der Waals surface area contributed by atoms with Gasteiger partial charge in [-0.05, 0) is 50.2 Å². The molecule has 1 aromatic carbocycles. The maximum absolute atomic E-state index is 12.0. The highest BCUT2D eigenvalue weighted by atomic mass is 16.4. The standard InChI is InChI=1S/C21H18N4O5/c1-12-6-17(11-23-24-19(26)14-4-3-5-22-10-14)13(2)25(12)18-8-15(20(27)28)7-16(9-18)21(29)30/h3-11H,1-2H3,(H,24,26)(H,27,28)(H,29,30)/b23-11-. The molecule has 152 valence electrons. The third-order valence-corrected chi connectivity index (χ3v) is 4.43. The molecule has 0 unspecified atom stereocenters. The van der Waals surface area contributed by atoms with Gasteiger partial charge < -0.3 is 14.8 Å². The Bertz CT molecular complexity index is 1130. The average Bonchev–Trinajstić information content (AvgIpc) is 3.01. The van der Waals surface area contributed by atoms with E-state index in [-0.39, 0.29) is 11.1 Å². The van der Waals surface area contributed by atoms with Gasteiger partial charge in [-0.25, -0.2) is 15.0 Å². The van der Waals surface area contributed by atoms with Gasteiger partial charge in [0.1, 0.15) is 0 Å². The van der Waals surface area contributed by atoms with E-state index in [0.29, 0.717) is 22.5 Å². The zero-order chi connectivity index (χ0) is 21.8. The Labute approximate surface area is 171 Å². The molecule has 1 amide bonds. The molecule has 0 aliphatic heterocycles. The van der Waals surface area contributed by atoms with E-state index < -0.39 is 17.8 Å². The molecular weight excluding hydrogens is 388 g/mol. The zero-order valence-corrected chi connectivity index (χ0v) is 16.2. The van der Waals surface area contributed by atoms with Gasteiger partial charge in [0.05, 0.1) is 22.9 Å². The molecule has 0 fully saturated rings. The number of aromatic carboxylic acids is 2. The summed E-state index contributed by atoms with van der Waals surface area (Å²) in [6, 6.07) is 8.96. The second-order valence-corrected chi connectivity index (χ2v) is 6.48. The minimum Gasteiger partial charge on any atom is -0.478 e. The smallest absolute Gasteiger partial charge is 0.335 e. The maximum atomic E-state index is 12.0. The van der Waals surface area contributed by atoms with Gasteiger partial charge in [0.15, 0.2) is 0 Å². The summed E-state index contributed by atoms with van der Waals surface area (Å²) in [5.41, 5.74) is 5.05. The lowest BCUT2D eigenvalue weighted by molar-refractivity contribution is 0.0696. The molecule has 0 radical (unpaired) electrons. The maximum Gasteiger partial charge on any atom is 0.335 e. The summed E-state index contributed by atoms with van der Waals surface area (Å²) < 4.78 is 1.73. The minimum atomic E-state index is -1.22. The molecule has 3 aromatic rings. The number of hydrazone groups is 1. The zero-order valence-electron chi connectivity index (χ0n) is 16.2. The van der Waals surface area contributed by atoms with E-state index in [1.54, 1.807) is 42.8 Å². The van der Waals surface area contributed by atoms with Crippen LogP contribution in [0.25, 0.3) is 5.69 Å². The molecule has 9 nitrogen and oxygen atoms in total. The normalized spacial score (nSPS) is 10.9. The van der Waals surface area contributed by atoms with Crippen molar-refractivity contribution in [3.05, 3.63) is 82.4 Å². The van der Waals surface area contributed by atoms with Crippen LogP contribution in [0.3, 0.4) is 0 Å². The number of pyridine rings is 1. The Morgan fingerprint density at radius 1 is 1.03 bits per heavy atom. The van der Waals surface area contributed by atoms with Gasteiger partial charge in [-0.3, -0.25) is 9.78 Å². The quantitative estimate of drug-likeness (QED) is 0.426. The van der Waals surface area contributed by atoms with Crippen molar-refractivity contribution in [3.63, 3.8) is 0 Å². The van der Waals surface area contributed by atoms with Crippen LogP contribution in [0.1, 0.15) is 48.0 Å². The number of carboxylic acids is 2. The first-order valence-corrected chi connectivity index (χ1v) is 8.82. The van der Waals surface area contributed by atoms with E-state index in [1.165, 1.54) is 24.5 Å². The van der Waals surface area contributed by atoms with Crippen LogP contribution in [-0.2, 0) is 0 Å². The molecule has 0 saturated carbocycles. The lowest BCUT2D eigenvalue weighted by atomic mass is 10.1. The number of carbonyl (C=O) groups is 3. The number of carbonyl (C=O) groups excluding carboxylic acids is 1. The molecule has 0 bridgehead atoms. The fourth-order valence-corrected chi connectivity index (χ4v) is 3.02. The highest BCUT2D eigenvalue weighted by Gasteiger charge is 2.16. The number of rotatable bonds is 6. The molecule has 30 heavy (non-hydrogen) atoms. The van der Waals surface area contributed by atoms with Crippen LogP contribution in [0.15, 0.2) is 53.9 Å². The summed E-state index contributed by atoms with van der Waals surface area (Å²) in [5, 5.41) is 22.6. The number of hydrogen-bond acceptors (Lipinski definition) is 5. The number of carboxylic acid groups (broad SMARTS) is 2. The van der Waals surface area contributed by atoms with Crippen LogP contribution in [0.2, 0.25) is 0 Å². The number of aromatic nitrogens is 2. The van der Waals surface area contributed by atoms with Crippen LogP contribution in [-0.4, -0.2) is 43.8 Å². The van der Waals surface area contributed by atoms with Crippen molar-refractivity contribution in [2.75, 3.05) is 0 Å².